The lowest BCUT2D eigenvalue weighted by Gasteiger charge is -2.16. The van der Waals surface area contributed by atoms with Crippen LogP contribution in [-0.2, 0) is 27.8 Å². The maximum atomic E-state index is 12.5. The predicted molar refractivity (Wildman–Crippen MR) is 89.9 cm³/mol. The van der Waals surface area contributed by atoms with Crippen LogP contribution in [0, 0.1) is 0 Å². The highest BCUT2D eigenvalue weighted by Gasteiger charge is 2.29. The Kier molecular flexibility index (Phi) is 11.7. The lowest BCUT2D eigenvalue weighted by molar-refractivity contribution is -0.134. The van der Waals surface area contributed by atoms with E-state index in [2.05, 4.69) is 0 Å². The minimum atomic E-state index is -3.81. The van der Waals surface area contributed by atoms with Crippen molar-refractivity contribution in [3.8, 4) is 5.75 Å². The van der Waals surface area contributed by atoms with Gasteiger partial charge < -0.3 is 14.4 Å². The summed E-state index contributed by atoms with van der Waals surface area (Å²) in [5, 5.41) is 0. The Labute approximate surface area is 143 Å². The van der Waals surface area contributed by atoms with Crippen LogP contribution in [-0.4, -0.2) is 39.6 Å². The molecular formula is C16H27O7P. The maximum absolute atomic E-state index is 12.5. The van der Waals surface area contributed by atoms with Gasteiger partial charge in [-0.3, -0.25) is 9.05 Å². The third-order valence-electron chi connectivity index (χ3n) is 2.77. The molecule has 7 nitrogen and oxygen atoms in total. The van der Waals surface area contributed by atoms with Crippen LogP contribution in [0.3, 0.4) is 0 Å². The first kappa shape index (κ1) is 21.1. The zero-order chi connectivity index (χ0) is 17.5. The third-order valence-corrected chi connectivity index (χ3v) is 4.02. The number of benzene rings is 1. The van der Waals surface area contributed by atoms with Gasteiger partial charge in [-0.25, -0.2) is 4.57 Å². The van der Waals surface area contributed by atoms with E-state index in [1.165, 1.54) is 0 Å². The van der Waals surface area contributed by atoms with Crippen molar-refractivity contribution in [1.29, 1.82) is 0 Å². The van der Waals surface area contributed by atoms with Gasteiger partial charge in [0.15, 0.2) is 5.75 Å². The fraction of sp³-hybridized carbons (Fsp3) is 0.625. The number of phosphoric acid groups is 1. The number of rotatable bonds is 15. The lowest BCUT2D eigenvalue weighted by Crippen LogP contribution is -2.11. The van der Waals surface area contributed by atoms with E-state index < -0.39 is 7.82 Å². The molecule has 0 heterocycles. The molecule has 1 aromatic carbocycles. The molecule has 1 unspecified atom stereocenters. The molecule has 0 aliphatic heterocycles. The molecule has 0 bridgehead atoms. The van der Waals surface area contributed by atoms with Crippen LogP contribution < -0.4 is 4.89 Å². The molecule has 0 radical (unpaired) electrons. The minimum Gasteiger partial charge on any atom is -0.379 e. The average Bonchev–Trinajstić information content (AvgIpc) is 2.61. The quantitative estimate of drug-likeness (QED) is 0.202. The van der Waals surface area contributed by atoms with E-state index in [-0.39, 0.29) is 19.8 Å². The fourth-order valence-corrected chi connectivity index (χ4v) is 2.53. The van der Waals surface area contributed by atoms with Crippen molar-refractivity contribution < 1.29 is 32.6 Å². The molecular weight excluding hydrogens is 335 g/mol. The summed E-state index contributed by atoms with van der Waals surface area (Å²) in [6.45, 7) is 6.09. The topological polar surface area (TPSA) is 72.5 Å². The second-order valence-corrected chi connectivity index (χ2v) is 6.31. The molecule has 0 spiro atoms. The Bertz CT molecular complexity index is 455. The van der Waals surface area contributed by atoms with E-state index in [9.17, 15) is 4.57 Å². The SMILES string of the molecule is CCCCOP(=O)(OCCOCCOCC)OOc1ccccc1. The van der Waals surface area contributed by atoms with Crippen molar-refractivity contribution in [1.82, 2.24) is 0 Å². The summed E-state index contributed by atoms with van der Waals surface area (Å²) in [6.07, 6.45) is 1.65. The van der Waals surface area contributed by atoms with Gasteiger partial charge >= 0.3 is 7.82 Å². The number of phosphoric ester groups is 1. The molecule has 0 aliphatic carbocycles. The van der Waals surface area contributed by atoms with E-state index in [0.717, 1.165) is 12.8 Å². The summed E-state index contributed by atoms with van der Waals surface area (Å²) in [5.41, 5.74) is 0. The third kappa shape index (κ3) is 10.0. The van der Waals surface area contributed by atoms with Crippen LogP contribution in [0.4, 0.5) is 0 Å². The van der Waals surface area contributed by atoms with E-state index in [4.69, 9.17) is 28.1 Å². The Morgan fingerprint density at radius 3 is 2.25 bits per heavy atom. The molecule has 0 N–H and O–H groups in total. The smallest absolute Gasteiger partial charge is 0.379 e. The zero-order valence-electron chi connectivity index (χ0n) is 14.3. The molecule has 1 rings (SSSR count). The van der Waals surface area contributed by atoms with Crippen molar-refractivity contribution in [3.63, 3.8) is 0 Å². The summed E-state index contributed by atoms with van der Waals surface area (Å²) < 4.78 is 38.4. The molecule has 0 fully saturated rings. The molecule has 8 heteroatoms. The van der Waals surface area contributed by atoms with E-state index >= 15 is 0 Å². The van der Waals surface area contributed by atoms with Crippen LogP contribution in [0.1, 0.15) is 26.7 Å². The maximum Gasteiger partial charge on any atom is 0.511 e. The summed E-state index contributed by atoms with van der Waals surface area (Å²) in [7, 11) is -3.81. The van der Waals surface area contributed by atoms with Crippen molar-refractivity contribution >= 4 is 7.82 Å². The van der Waals surface area contributed by atoms with E-state index in [1.807, 2.05) is 19.9 Å². The Hall–Kier alpha value is -0.950. The predicted octanol–water partition coefficient (Wildman–Crippen LogP) is 3.99. The average molecular weight is 362 g/mol. The molecule has 24 heavy (non-hydrogen) atoms. The summed E-state index contributed by atoms with van der Waals surface area (Å²) >= 11 is 0. The van der Waals surface area contributed by atoms with Gasteiger partial charge in [-0.05, 0) is 25.5 Å². The first-order chi connectivity index (χ1) is 11.7. The van der Waals surface area contributed by atoms with Crippen molar-refractivity contribution in [3.05, 3.63) is 30.3 Å². The van der Waals surface area contributed by atoms with Gasteiger partial charge in [0, 0.05) is 6.61 Å². The fourth-order valence-electron chi connectivity index (χ4n) is 1.54. The molecule has 138 valence electrons. The monoisotopic (exact) mass is 362 g/mol. The standard InChI is InChI=1S/C16H27O7P/c1-3-5-11-20-24(17,21-15-14-19-13-12-18-4-2)23-22-16-9-7-6-8-10-16/h6-10H,3-5,11-15H2,1-2H3. The number of para-hydroxylation sites is 1. The van der Waals surface area contributed by atoms with Gasteiger partial charge in [0.25, 0.3) is 0 Å². The Morgan fingerprint density at radius 1 is 0.875 bits per heavy atom. The normalized spacial score (nSPS) is 13.6. The van der Waals surface area contributed by atoms with E-state index in [1.54, 1.807) is 24.3 Å². The highest BCUT2D eigenvalue weighted by atomic mass is 31.2. The first-order valence-electron chi connectivity index (χ1n) is 8.16. The second kappa shape index (κ2) is 13.4. The van der Waals surface area contributed by atoms with Gasteiger partial charge in [0.05, 0.1) is 33.0 Å². The highest BCUT2D eigenvalue weighted by molar-refractivity contribution is 7.48. The molecule has 0 aromatic heterocycles. The van der Waals surface area contributed by atoms with Crippen LogP contribution in [0.2, 0.25) is 0 Å². The van der Waals surface area contributed by atoms with Gasteiger partial charge in [-0.1, -0.05) is 36.2 Å². The number of ether oxygens (including phenoxy) is 2. The van der Waals surface area contributed by atoms with Crippen LogP contribution >= 0.6 is 7.82 Å². The van der Waals surface area contributed by atoms with Gasteiger partial charge in [-0.2, -0.15) is 0 Å². The molecule has 1 aromatic rings. The highest BCUT2D eigenvalue weighted by Crippen LogP contribution is 2.49. The number of hydrogen-bond acceptors (Lipinski definition) is 7. The van der Waals surface area contributed by atoms with Gasteiger partial charge in [0.2, 0.25) is 0 Å². The molecule has 0 aliphatic rings. The lowest BCUT2D eigenvalue weighted by atomic mass is 10.3. The van der Waals surface area contributed by atoms with Crippen molar-refractivity contribution in [2.45, 2.75) is 26.7 Å². The summed E-state index contributed by atoms with van der Waals surface area (Å²) in [6, 6.07) is 8.73. The molecule has 1 atom stereocenters. The van der Waals surface area contributed by atoms with Crippen LogP contribution in [0.25, 0.3) is 0 Å². The Morgan fingerprint density at radius 2 is 1.54 bits per heavy atom. The zero-order valence-corrected chi connectivity index (χ0v) is 15.2. The largest absolute Gasteiger partial charge is 0.511 e. The number of hydrogen-bond donors (Lipinski definition) is 0. The summed E-state index contributed by atoms with van der Waals surface area (Å²) in [4.78, 5) is 5.04. The minimum absolute atomic E-state index is 0.0632. The first-order valence-corrected chi connectivity index (χ1v) is 9.62. The second-order valence-electron chi connectivity index (χ2n) is 4.75. The summed E-state index contributed by atoms with van der Waals surface area (Å²) in [5.74, 6) is 0.411. The molecule has 0 amide bonds. The molecule has 0 saturated carbocycles. The van der Waals surface area contributed by atoms with Gasteiger partial charge in [-0.15, -0.1) is 0 Å². The van der Waals surface area contributed by atoms with Crippen molar-refractivity contribution in [2.75, 3.05) is 39.6 Å². The number of unbranched alkanes of at least 4 members (excludes halogenated alkanes) is 1. The molecule has 0 saturated heterocycles. The van der Waals surface area contributed by atoms with E-state index in [0.29, 0.717) is 25.6 Å². The van der Waals surface area contributed by atoms with Crippen molar-refractivity contribution in [2.24, 2.45) is 0 Å². The van der Waals surface area contributed by atoms with Crippen LogP contribution in [0.15, 0.2) is 30.3 Å². The van der Waals surface area contributed by atoms with Gasteiger partial charge in [0.1, 0.15) is 0 Å². The Balaban J connectivity index is 2.35. The van der Waals surface area contributed by atoms with Crippen LogP contribution in [0.5, 0.6) is 5.75 Å².